The summed E-state index contributed by atoms with van der Waals surface area (Å²) in [5.74, 6) is -0.165. The highest BCUT2D eigenvalue weighted by molar-refractivity contribution is 5.01. The molecule has 1 unspecified atom stereocenters. The Morgan fingerprint density at radius 3 is 3.18 bits per heavy atom. The van der Waals surface area contributed by atoms with Crippen LogP contribution in [0.15, 0.2) is 22.8 Å². The van der Waals surface area contributed by atoms with Crippen molar-refractivity contribution < 1.29 is 17.2 Å². The molecule has 1 rings (SSSR count). The molecule has 0 saturated carbocycles. The lowest BCUT2D eigenvalue weighted by Crippen LogP contribution is -2.10. The molecule has 0 spiro atoms. The molecule has 0 aliphatic rings. The fraction of sp³-hybridized carbons (Fsp3) is 0.333. The molecule has 1 N–H and O–H groups in total. The first kappa shape index (κ1) is 5.31. The maximum Gasteiger partial charge on any atom is 0.236 e. The normalized spacial score (nSPS) is 16.8. The lowest BCUT2D eigenvalue weighted by Gasteiger charge is -1.99. The number of aliphatic hydroxyl groups is 1. The molecular weight excluding hydrogens is 150 g/mol. The number of hydrogen-bond acceptors (Lipinski definition) is 4. The second-order valence-corrected chi connectivity index (χ2v) is 1.80. The molecule has 60 valence electrons. The Balaban J connectivity index is 2.90. The zero-order valence-electron chi connectivity index (χ0n) is 7.43. The fourth-order valence-electron chi connectivity index (χ4n) is 0.610. The van der Waals surface area contributed by atoms with Crippen LogP contribution in [0, 0.1) is 10.1 Å². The number of aliphatic hydroxyl groups excluding tert-OH is 1. The first-order valence-electron chi connectivity index (χ1n) is 3.82. The molecule has 5 heteroatoms. The monoisotopic (exact) mass is 159 g/mol. The van der Waals surface area contributed by atoms with Crippen molar-refractivity contribution in [2.24, 2.45) is 0 Å². The zero-order valence-corrected chi connectivity index (χ0v) is 5.43. The van der Waals surface area contributed by atoms with E-state index in [9.17, 15) is 15.2 Å². The largest absolute Gasteiger partial charge is 0.466 e. The summed E-state index contributed by atoms with van der Waals surface area (Å²) in [6.45, 7) is -2.93. The first-order chi connectivity index (χ1) is 5.96. The highest BCUT2D eigenvalue weighted by atomic mass is 16.6. The Kier molecular flexibility index (Phi) is 1.52. The highest BCUT2D eigenvalue weighted by Crippen LogP contribution is 2.12. The van der Waals surface area contributed by atoms with Gasteiger partial charge in [-0.3, -0.25) is 10.1 Å². The van der Waals surface area contributed by atoms with Gasteiger partial charge in [0.2, 0.25) is 6.50 Å². The van der Waals surface area contributed by atoms with Crippen LogP contribution in [0.25, 0.3) is 0 Å². The lowest BCUT2D eigenvalue weighted by molar-refractivity contribution is -0.492. The van der Waals surface area contributed by atoms with E-state index in [4.69, 9.17) is 2.74 Å². The second-order valence-electron chi connectivity index (χ2n) is 1.80. The molecule has 1 aromatic heterocycles. The van der Waals surface area contributed by atoms with Crippen molar-refractivity contribution in [2.75, 3.05) is 6.50 Å². The van der Waals surface area contributed by atoms with Gasteiger partial charge in [-0.1, -0.05) is 0 Å². The number of hydrogen-bond donors (Lipinski definition) is 1. The van der Waals surface area contributed by atoms with Gasteiger partial charge < -0.3 is 9.52 Å². The average Bonchev–Trinajstić information content (AvgIpc) is 2.54. The van der Waals surface area contributed by atoms with Gasteiger partial charge in [0, 0.05) is 4.92 Å². The zero-order chi connectivity index (χ0) is 10.1. The van der Waals surface area contributed by atoms with Crippen LogP contribution in [0.3, 0.4) is 0 Å². The van der Waals surface area contributed by atoms with Crippen LogP contribution in [0.5, 0.6) is 0 Å². The molecule has 0 radical (unpaired) electrons. The maximum atomic E-state index is 10.2. The summed E-state index contributed by atoms with van der Waals surface area (Å²) in [6, 6.07) is 2.68. The van der Waals surface area contributed by atoms with Crippen LogP contribution in [0.4, 0.5) is 0 Å². The molecular formula is C6H7NO4. The van der Waals surface area contributed by atoms with Crippen molar-refractivity contribution in [2.45, 2.75) is 6.10 Å². The van der Waals surface area contributed by atoms with Crippen LogP contribution in [-0.4, -0.2) is 16.5 Å². The molecule has 0 fully saturated rings. The van der Waals surface area contributed by atoms with Crippen molar-refractivity contribution in [3.8, 4) is 0 Å². The van der Waals surface area contributed by atoms with E-state index in [0.717, 1.165) is 0 Å². The molecule has 0 aliphatic carbocycles. The van der Waals surface area contributed by atoms with Crippen LogP contribution in [0.1, 0.15) is 14.6 Å². The van der Waals surface area contributed by atoms with Crippen molar-refractivity contribution in [3.63, 3.8) is 0 Å². The van der Waals surface area contributed by atoms with Crippen LogP contribution >= 0.6 is 0 Å². The minimum absolute atomic E-state index is 0.165. The minimum atomic E-state index is -2.93. The summed E-state index contributed by atoms with van der Waals surface area (Å²) < 4.78 is 18.5. The maximum absolute atomic E-state index is 10.2. The number of rotatable bonds is 3. The Bertz CT molecular complexity index is 298. The second kappa shape index (κ2) is 3.16. The molecule has 0 aliphatic heterocycles. The average molecular weight is 159 g/mol. The van der Waals surface area contributed by atoms with E-state index in [2.05, 4.69) is 4.42 Å². The third-order valence-corrected chi connectivity index (χ3v) is 1.04. The standard InChI is InChI=1S/C6H7NO4/c8-5(4-7(9)10)6-2-1-3-11-6/h1-3,5,8H,4H2/i4D2. The lowest BCUT2D eigenvalue weighted by atomic mass is 10.3. The van der Waals surface area contributed by atoms with Gasteiger partial charge in [0.05, 0.1) is 6.26 Å². The molecule has 0 amide bonds. The van der Waals surface area contributed by atoms with E-state index >= 15 is 0 Å². The predicted octanol–water partition coefficient (Wildman–Crippen LogP) is 0.590. The van der Waals surface area contributed by atoms with Gasteiger partial charge in [-0.05, 0) is 12.1 Å². The Morgan fingerprint density at radius 2 is 2.73 bits per heavy atom. The molecule has 1 heterocycles. The van der Waals surface area contributed by atoms with E-state index < -0.39 is 17.5 Å². The summed E-state index contributed by atoms with van der Waals surface area (Å²) in [4.78, 5) is 8.99. The Labute approximate surface area is 65.2 Å². The van der Waals surface area contributed by atoms with Gasteiger partial charge >= 0.3 is 0 Å². The van der Waals surface area contributed by atoms with E-state index in [1.165, 1.54) is 18.4 Å². The van der Waals surface area contributed by atoms with E-state index in [1.807, 2.05) is 0 Å². The molecule has 5 nitrogen and oxygen atoms in total. The van der Waals surface area contributed by atoms with E-state index in [-0.39, 0.29) is 5.76 Å². The number of nitrogens with zero attached hydrogens (tertiary/aromatic N) is 1. The number of nitro groups is 1. The quantitative estimate of drug-likeness (QED) is 0.517. The summed E-state index contributed by atoms with van der Waals surface area (Å²) >= 11 is 0. The van der Waals surface area contributed by atoms with E-state index in [1.54, 1.807) is 0 Å². The van der Waals surface area contributed by atoms with Crippen LogP contribution < -0.4 is 0 Å². The minimum Gasteiger partial charge on any atom is -0.466 e. The summed E-state index contributed by atoms with van der Waals surface area (Å²) in [5.41, 5.74) is 0. The van der Waals surface area contributed by atoms with Gasteiger partial charge in [0.25, 0.3) is 0 Å². The van der Waals surface area contributed by atoms with Crippen LogP contribution in [0.2, 0.25) is 0 Å². The van der Waals surface area contributed by atoms with Gasteiger partial charge in [-0.15, -0.1) is 0 Å². The third kappa shape index (κ3) is 2.05. The fourth-order valence-corrected chi connectivity index (χ4v) is 0.610. The molecule has 0 saturated heterocycles. The van der Waals surface area contributed by atoms with Gasteiger partial charge in [0.15, 0.2) is 6.10 Å². The van der Waals surface area contributed by atoms with Crippen molar-refractivity contribution in [1.29, 1.82) is 0 Å². The Morgan fingerprint density at radius 1 is 2.00 bits per heavy atom. The summed E-state index contributed by atoms with van der Waals surface area (Å²) in [6.07, 6.45) is -0.688. The summed E-state index contributed by atoms with van der Waals surface area (Å²) in [7, 11) is 0. The van der Waals surface area contributed by atoms with Crippen molar-refractivity contribution in [3.05, 3.63) is 34.3 Å². The molecule has 11 heavy (non-hydrogen) atoms. The summed E-state index contributed by atoms with van der Waals surface area (Å²) in [5, 5.41) is 19.4. The van der Waals surface area contributed by atoms with Crippen molar-refractivity contribution in [1.82, 2.24) is 0 Å². The topological polar surface area (TPSA) is 76.5 Å². The van der Waals surface area contributed by atoms with Crippen molar-refractivity contribution >= 4 is 0 Å². The van der Waals surface area contributed by atoms with Crippen LogP contribution in [-0.2, 0) is 0 Å². The van der Waals surface area contributed by atoms with Gasteiger partial charge in [-0.25, -0.2) is 0 Å². The molecule has 1 aromatic rings. The van der Waals surface area contributed by atoms with Gasteiger partial charge in [0.1, 0.15) is 8.50 Å². The molecule has 0 bridgehead atoms. The Hall–Kier alpha value is -1.36. The smallest absolute Gasteiger partial charge is 0.236 e. The SMILES string of the molecule is [2H]C([2H])(C(O)c1ccco1)[N+](=O)[O-]. The molecule has 0 aromatic carbocycles. The highest BCUT2D eigenvalue weighted by Gasteiger charge is 2.15. The number of furan rings is 1. The van der Waals surface area contributed by atoms with Gasteiger partial charge in [-0.2, -0.15) is 0 Å². The van der Waals surface area contributed by atoms with E-state index in [0.29, 0.717) is 0 Å². The first-order valence-corrected chi connectivity index (χ1v) is 2.82. The third-order valence-electron chi connectivity index (χ3n) is 1.04. The predicted molar refractivity (Wildman–Crippen MR) is 35.5 cm³/mol. The molecule has 1 atom stereocenters.